The predicted molar refractivity (Wildman–Crippen MR) is 55.6 cm³/mol. The summed E-state index contributed by atoms with van der Waals surface area (Å²) in [7, 11) is 0. The van der Waals surface area contributed by atoms with E-state index < -0.39 is 0 Å². The summed E-state index contributed by atoms with van der Waals surface area (Å²) < 4.78 is 0. The molecule has 1 aromatic carbocycles. The molecule has 0 aliphatic rings. The van der Waals surface area contributed by atoms with Crippen molar-refractivity contribution < 1.29 is 0 Å². The average Bonchev–Trinajstić information content (AvgIpc) is 2.22. The fraction of sp³-hybridized carbons (Fsp3) is 0.273. The van der Waals surface area contributed by atoms with Crippen LogP contribution in [0.15, 0.2) is 30.5 Å². The monoisotopic (exact) mass is 174 g/mol. The van der Waals surface area contributed by atoms with E-state index in [2.05, 4.69) is 16.3 Å². The zero-order valence-corrected chi connectivity index (χ0v) is 8.28. The number of benzene rings is 1. The Morgan fingerprint density at radius 1 is 1.08 bits per heavy atom. The first-order valence-corrected chi connectivity index (χ1v) is 4.55. The fourth-order valence-corrected chi connectivity index (χ4v) is 1.14. The Morgan fingerprint density at radius 2 is 1.77 bits per heavy atom. The van der Waals surface area contributed by atoms with Gasteiger partial charge in [-0.25, -0.2) is 0 Å². The molecule has 0 unspecified atom stereocenters. The summed E-state index contributed by atoms with van der Waals surface area (Å²) in [5.74, 6) is 0. The van der Waals surface area contributed by atoms with Crippen LogP contribution in [-0.2, 0) is 0 Å². The molecule has 0 atom stereocenters. The molecule has 0 aliphatic carbocycles. The molecule has 2 heteroatoms. The molecule has 2 aromatic rings. The van der Waals surface area contributed by atoms with Gasteiger partial charge < -0.3 is 0 Å². The summed E-state index contributed by atoms with van der Waals surface area (Å²) >= 11 is 0. The van der Waals surface area contributed by atoms with Crippen molar-refractivity contribution in [3.63, 3.8) is 0 Å². The van der Waals surface area contributed by atoms with E-state index in [1.807, 2.05) is 39.0 Å². The summed E-state index contributed by atoms with van der Waals surface area (Å²) in [6.07, 6.45) is 1.78. The van der Waals surface area contributed by atoms with Crippen LogP contribution >= 0.6 is 0 Å². The molecule has 0 saturated carbocycles. The molecule has 0 radical (unpaired) electrons. The Bertz CT molecular complexity index is 377. The Labute approximate surface area is 78.6 Å². The number of rotatable bonds is 0. The lowest BCUT2D eigenvalue weighted by atomic mass is 10.1. The third-order valence-electron chi connectivity index (χ3n) is 1.75. The largest absolute Gasteiger partial charge is 0.158 e. The van der Waals surface area contributed by atoms with Gasteiger partial charge in [-0.3, -0.25) is 0 Å². The van der Waals surface area contributed by atoms with E-state index in [1.54, 1.807) is 6.20 Å². The number of aromatic nitrogens is 2. The Morgan fingerprint density at radius 3 is 2.46 bits per heavy atom. The Balaban J connectivity index is 0.000000396. The molecule has 0 saturated heterocycles. The Kier molecular flexibility index (Phi) is 3.38. The number of fused-ring (bicyclic) bond motifs is 1. The molecule has 13 heavy (non-hydrogen) atoms. The highest BCUT2D eigenvalue weighted by Gasteiger charge is 1.94. The molecule has 0 aliphatic heterocycles. The second kappa shape index (κ2) is 4.55. The van der Waals surface area contributed by atoms with Gasteiger partial charge in [-0.1, -0.05) is 32.0 Å². The summed E-state index contributed by atoms with van der Waals surface area (Å²) in [5, 5.41) is 9.04. The maximum absolute atomic E-state index is 3.99. The minimum atomic E-state index is 0.965. The molecule has 0 N–H and O–H groups in total. The second-order valence-corrected chi connectivity index (χ2v) is 2.54. The van der Waals surface area contributed by atoms with Crippen LogP contribution in [0.1, 0.15) is 19.4 Å². The zero-order chi connectivity index (χ0) is 9.68. The van der Waals surface area contributed by atoms with Crippen LogP contribution in [-0.4, -0.2) is 10.2 Å². The van der Waals surface area contributed by atoms with Gasteiger partial charge in [0.1, 0.15) is 0 Å². The van der Waals surface area contributed by atoms with E-state index >= 15 is 0 Å². The zero-order valence-electron chi connectivity index (χ0n) is 8.28. The summed E-state index contributed by atoms with van der Waals surface area (Å²) in [5.41, 5.74) is 2.14. The van der Waals surface area contributed by atoms with Gasteiger partial charge in [-0.05, 0) is 18.6 Å². The van der Waals surface area contributed by atoms with Gasteiger partial charge in [-0.15, -0.1) is 0 Å². The minimum absolute atomic E-state index is 0.965. The van der Waals surface area contributed by atoms with Crippen LogP contribution < -0.4 is 0 Å². The van der Waals surface area contributed by atoms with Crippen LogP contribution in [0.2, 0.25) is 0 Å². The SMILES string of the molecule is CC.Cc1cnnc2ccccc12. The smallest absolute Gasteiger partial charge is 0.0932 e. The quantitative estimate of drug-likeness (QED) is 0.613. The molecule has 0 fully saturated rings. The van der Waals surface area contributed by atoms with Crippen molar-refractivity contribution in [1.82, 2.24) is 10.2 Å². The first kappa shape index (κ1) is 9.65. The van der Waals surface area contributed by atoms with Gasteiger partial charge in [0, 0.05) is 5.39 Å². The van der Waals surface area contributed by atoms with Gasteiger partial charge in [0.2, 0.25) is 0 Å². The topological polar surface area (TPSA) is 25.8 Å². The summed E-state index contributed by atoms with van der Waals surface area (Å²) in [6, 6.07) is 8.00. The molecule has 2 nitrogen and oxygen atoms in total. The molecule has 2 rings (SSSR count). The van der Waals surface area contributed by atoms with Crippen LogP contribution in [0, 0.1) is 6.92 Å². The molecule has 1 aromatic heterocycles. The van der Waals surface area contributed by atoms with Crippen LogP contribution in [0.5, 0.6) is 0 Å². The summed E-state index contributed by atoms with van der Waals surface area (Å²) in [4.78, 5) is 0. The van der Waals surface area contributed by atoms with Gasteiger partial charge in [0.15, 0.2) is 0 Å². The van der Waals surface area contributed by atoms with Crippen molar-refractivity contribution >= 4 is 10.9 Å². The van der Waals surface area contributed by atoms with Gasteiger partial charge in [0.05, 0.1) is 11.7 Å². The van der Waals surface area contributed by atoms with Crippen molar-refractivity contribution in [3.8, 4) is 0 Å². The van der Waals surface area contributed by atoms with E-state index in [0.29, 0.717) is 0 Å². The van der Waals surface area contributed by atoms with Gasteiger partial charge >= 0.3 is 0 Å². The predicted octanol–water partition coefficient (Wildman–Crippen LogP) is 2.96. The standard InChI is InChI=1S/C9H8N2.C2H6/c1-7-6-10-11-9-5-3-2-4-8(7)9;1-2/h2-6H,1H3;1-2H3. The first-order chi connectivity index (χ1) is 6.38. The maximum Gasteiger partial charge on any atom is 0.0932 e. The maximum atomic E-state index is 3.99. The highest BCUT2D eigenvalue weighted by Crippen LogP contribution is 2.12. The van der Waals surface area contributed by atoms with E-state index in [-0.39, 0.29) is 0 Å². The van der Waals surface area contributed by atoms with Crippen molar-refractivity contribution in [2.24, 2.45) is 0 Å². The van der Waals surface area contributed by atoms with Crippen molar-refractivity contribution in [2.45, 2.75) is 20.8 Å². The molecular weight excluding hydrogens is 160 g/mol. The normalized spacial score (nSPS) is 9.15. The molecule has 0 amide bonds. The van der Waals surface area contributed by atoms with E-state index in [9.17, 15) is 0 Å². The minimum Gasteiger partial charge on any atom is -0.158 e. The number of hydrogen-bond donors (Lipinski definition) is 0. The average molecular weight is 174 g/mol. The second-order valence-electron chi connectivity index (χ2n) is 2.54. The van der Waals surface area contributed by atoms with Crippen LogP contribution in [0.25, 0.3) is 10.9 Å². The lowest BCUT2D eigenvalue weighted by molar-refractivity contribution is 1.06. The molecule has 0 spiro atoms. The van der Waals surface area contributed by atoms with Gasteiger partial charge in [-0.2, -0.15) is 10.2 Å². The highest BCUT2D eigenvalue weighted by molar-refractivity contribution is 5.80. The molecule has 0 bridgehead atoms. The van der Waals surface area contributed by atoms with E-state index in [4.69, 9.17) is 0 Å². The van der Waals surface area contributed by atoms with Crippen LogP contribution in [0.3, 0.4) is 0 Å². The fourth-order valence-electron chi connectivity index (χ4n) is 1.14. The first-order valence-electron chi connectivity index (χ1n) is 4.55. The molecular formula is C11H14N2. The summed E-state index contributed by atoms with van der Waals surface area (Å²) in [6.45, 7) is 6.04. The lowest BCUT2D eigenvalue weighted by Gasteiger charge is -1.96. The lowest BCUT2D eigenvalue weighted by Crippen LogP contribution is -1.85. The molecule has 68 valence electrons. The van der Waals surface area contributed by atoms with E-state index in [1.165, 1.54) is 10.9 Å². The highest BCUT2D eigenvalue weighted by atomic mass is 15.1. The van der Waals surface area contributed by atoms with Crippen LogP contribution in [0.4, 0.5) is 0 Å². The number of nitrogens with zero attached hydrogens (tertiary/aromatic N) is 2. The Hall–Kier alpha value is -1.44. The number of hydrogen-bond acceptors (Lipinski definition) is 2. The number of aryl methyl sites for hydroxylation is 1. The van der Waals surface area contributed by atoms with Gasteiger partial charge in [0.25, 0.3) is 0 Å². The van der Waals surface area contributed by atoms with E-state index in [0.717, 1.165) is 5.52 Å². The third-order valence-corrected chi connectivity index (χ3v) is 1.75. The molecule has 1 heterocycles. The van der Waals surface area contributed by atoms with Crippen molar-refractivity contribution in [2.75, 3.05) is 0 Å². The van der Waals surface area contributed by atoms with Crippen molar-refractivity contribution in [1.29, 1.82) is 0 Å². The third kappa shape index (κ3) is 2.02. The van der Waals surface area contributed by atoms with Crippen molar-refractivity contribution in [3.05, 3.63) is 36.0 Å².